The first kappa shape index (κ1) is 13.1. The summed E-state index contributed by atoms with van der Waals surface area (Å²) in [5.74, 6) is -0.328. The summed E-state index contributed by atoms with van der Waals surface area (Å²) in [4.78, 5) is 0. The number of aryl methyl sites for hydroxylation is 1. The first-order valence-corrected chi connectivity index (χ1v) is 6.07. The minimum Gasteiger partial charge on any atom is -0.324 e. The summed E-state index contributed by atoms with van der Waals surface area (Å²) in [5.41, 5.74) is 8.41. The fraction of sp³-hybridized carbons (Fsp3) is 0.308. The number of nitrogens with zero attached hydrogens (tertiary/aromatic N) is 2. The van der Waals surface area contributed by atoms with E-state index in [4.69, 9.17) is 17.3 Å². The standard InChI is InChI=1S/C13H15ClFN3/c1-7(16)12-10(15)5-4-6-11(12)18-9(3)13(14)8(2)17-18/h4-7H,16H2,1-3H3/t7-/m1/s1. The second-order valence-electron chi connectivity index (χ2n) is 4.36. The monoisotopic (exact) mass is 267 g/mol. The molecule has 1 heterocycles. The lowest BCUT2D eigenvalue weighted by Crippen LogP contribution is -2.13. The van der Waals surface area contributed by atoms with Gasteiger partial charge in [-0.15, -0.1) is 0 Å². The molecule has 0 aliphatic carbocycles. The summed E-state index contributed by atoms with van der Waals surface area (Å²) < 4.78 is 15.5. The molecular weight excluding hydrogens is 253 g/mol. The Morgan fingerprint density at radius 2 is 2.06 bits per heavy atom. The van der Waals surface area contributed by atoms with Gasteiger partial charge in [0.15, 0.2) is 0 Å². The first-order valence-electron chi connectivity index (χ1n) is 5.69. The lowest BCUT2D eigenvalue weighted by molar-refractivity contribution is 0.588. The van der Waals surface area contributed by atoms with Crippen molar-refractivity contribution in [3.05, 3.63) is 46.0 Å². The van der Waals surface area contributed by atoms with E-state index in [1.54, 1.807) is 23.7 Å². The third-order valence-corrected chi connectivity index (χ3v) is 3.46. The number of nitrogens with two attached hydrogens (primary N) is 1. The van der Waals surface area contributed by atoms with Crippen LogP contribution in [0.15, 0.2) is 18.2 Å². The molecule has 5 heteroatoms. The van der Waals surface area contributed by atoms with Crippen LogP contribution >= 0.6 is 11.6 Å². The lowest BCUT2D eigenvalue weighted by Gasteiger charge is -2.14. The van der Waals surface area contributed by atoms with Crippen LogP contribution in [0, 0.1) is 19.7 Å². The van der Waals surface area contributed by atoms with Crippen molar-refractivity contribution in [2.24, 2.45) is 5.73 Å². The molecule has 0 amide bonds. The Morgan fingerprint density at radius 1 is 1.39 bits per heavy atom. The zero-order chi connectivity index (χ0) is 13.4. The maximum Gasteiger partial charge on any atom is 0.130 e. The maximum absolute atomic E-state index is 13.9. The SMILES string of the molecule is Cc1nn(-c2cccc(F)c2[C@@H](C)N)c(C)c1Cl. The molecule has 1 atom stereocenters. The molecule has 0 saturated carbocycles. The van der Waals surface area contributed by atoms with Gasteiger partial charge < -0.3 is 5.73 Å². The van der Waals surface area contributed by atoms with Gasteiger partial charge in [0.25, 0.3) is 0 Å². The fourth-order valence-electron chi connectivity index (χ4n) is 2.02. The Balaban J connectivity index is 2.71. The van der Waals surface area contributed by atoms with E-state index < -0.39 is 6.04 Å². The second kappa shape index (κ2) is 4.71. The van der Waals surface area contributed by atoms with Gasteiger partial charge >= 0.3 is 0 Å². The molecule has 0 fully saturated rings. The number of halogens is 2. The summed E-state index contributed by atoms with van der Waals surface area (Å²) in [6.07, 6.45) is 0. The topological polar surface area (TPSA) is 43.8 Å². The number of benzene rings is 1. The van der Waals surface area contributed by atoms with Gasteiger partial charge in [-0.1, -0.05) is 17.7 Å². The highest BCUT2D eigenvalue weighted by Gasteiger charge is 2.18. The van der Waals surface area contributed by atoms with Crippen LogP contribution in [-0.4, -0.2) is 9.78 Å². The minimum absolute atomic E-state index is 0.328. The average molecular weight is 268 g/mol. The van der Waals surface area contributed by atoms with Crippen molar-refractivity contribution in [3.63, 3.8) is 0 Å². The molecule has 1 aromatic carbocycles. The summed E-state index contributed by atoms with van der Waals surface area (Å²) in [5, 5.41) is 4.92. The zero-order valence-corrected chi connectivity index (χ0v) is 11.3. The Labute approximate surface area is 110 Å². The van der Waals surface area contributed by atoms with E-state index in [2.05, 4.69) is 5.10 Å². The minimum atomic E-state index is -0.413. The molecule has 2 rings (SSSR count). The van der Waals surface area contributed by atoms with Crippen molar-refractivity contribution in [1.82, 2.24) is 9.78 Å². The van der Waals surface area contributed by atoms with Crippen LogP contribution in [0.25, 0.3) is 5.69 Å². The van der Waals surface area contributed by atoms with Gasteiger partial charge in [0.2, 0.25) is 0 Å². The maximum atomic E-state index is 13.9. The molecule has 0 unspecified atom stereocenters. The average Bonchev–Trinajstić information content (AvgIpc) is 2.56. The van der Waals surface area contributed by atoms with Crippen molar-refractivity contribution >= 4 is 11.6 Å². The molecule has 2 N–H and O–H groups in total. The van der Waals surface area contributed by atoms with E-state index in [9.17, 15) is 4.39 Å². The Bertz CT molecular complexity index is 590. The first-order chi connectivity index (χ1) is 8.43. The van der Waals surface area contributed by atoms with Gasteiger partial charge in [-0.3, -0.25) is 0 Å². The zero-order valence-electron chi connectivity index (χ0n) is 10.5. The summed E-state index contributed by atoms with van der Waals surface area (Å²) >= 11 is 6.11. The van der Waals surface area contributed by atoms with E-state index in [-0.39, 0.29) is 5.82 Å². The third kappa shape index (κ3) is 2.02. The van der Waals surface area contributed by atoms with Crippen molar-refractivity contribution in [2.45, 2.75) is 26.8 Å². The number of aromatic nitrogens is 2. The van der Waals surface area contributed by atoms with Crippen LogP contribution in [0.2, 0.25) is 5.02 Å². The number of hydrogen-bond donors (Lipinski definition) is 1. The molecule has 0 saturated heterocycles. The lowest BCUT2D eigenvalue weighted by atomic mass is 10.1. The number of hydrogen-bond acceptors (Lipinski definition) is 2. The Morgan fingerprint density at radius 3 is 2.56 bits per heavy atom. The molecule has 0 aliphatic heterocycles. The summed E-state index contributed by atoms with van der Waals surface area (Å²) in [6.45, 7) is 5.41. The second-order valence-corrected chi connectivity index (χ2v) is 4.74. The predicted octanol–water partition coefficient (Wildman–Crippen LogP) is 3.30. The molecule has 96 valence electrons. The van der Waals surface area contributed by atoms with Gasteiger partial charge in [-0.25, -0.2) is 9.07 Å². The molecule has 3 nitrogen and oxygen atoms in total. The van der Waals surface area contributed by atoms with Crippen LogP contribution in [0.5, 0.6) is 0 Å². The highest BCUT2D eigenvalue weighted by molar-refractivity contribution is 6.31. The van der Waals surface area contributed by atoms with Crippen molar-refractivity contribution in [3.8, 4) is 5.69 Å². The smallest absolute Gasteiger partial charge is 0.130 e. The van der Waals surface area contributed by atoms with Crippen LogP contribution in [0.1, 0.15) is 29.9 Å². The van der Waals surface area contributed by atoms with Gasteiger partial charge in [-0.2, -0.15) is 5.10 Å². The van der Waals surface area contributed by atoms with Crippen LogP contribution < -0.4 is 5.73 Å². The van der Waals surface area contributed by atoms with E-state index in [0.717, 1.165) is 5.69 Å². The Hall–Kier alpha value is -1.39. The van der Waals surface area contributed by atoms with Crippen molar-refractivity contribution in [2.75, 3.05) is 0 Å². The van der Waals surface area contributed by atoms with Gasteiger partial charge in [0.05, 0.1) is 22.1 Å². The summed E-state index contributed by atoms with van der Waals surface area (Å²) in [7, 11) is 0. The normalized spacial score (nSPS) is 12.8. The molecule has 0 aliphatic rings. The molecule has 2 aromatic rings. The number of rotatable bonds is 2. The van der Waals surface area contributed by atoms with E-state index >= 15 is 0 Å². The van der Waals surface area contributed by atoms with E-state index in [0.29, 0.717) is 22.0 Å². The van der Waals surface area contributed by atoms with Gasteiger partial charge in [0, 0.05) is 11.6 Å². The highest BCUT2D eigenvalue weighted by atomic mass is 35.5. The quantitative estimate of drug-likeness (QED) is 0.907. The Kier molecular flexibility index (Phi) is 3.41. The van der Waals surface area contributed by atoms with Crippen LogP contribution in [0.3, 0.4) is 0 Å². The predicted molar refractivity (Wildman–Crippen MR) is 70.6 cm³/mol. The molecular formula is C13H15ClFN3. The van der Waals surface area contributed by atoms with E-state index in [1.807, 2.05) is 13.8 Å². The van der Waals surface area contributed by atoms with Crippen molar-refractivity contribution < 1.29 is 4.39 Å². The summed E-state index contributed by atoms with van der Waals surface area (Å²) in [6, 6.07) is 4.41. The molecule has 0 radical (unpaired) electrons. The van der Waals surface area contributed by atoms with Crippen LogP contribution in [-0.2, 0) is 0 Å². The van der Waals surface area contributed by atoms with Gasteiger partial charge in [0.1, 0.15) is 5.82 Å². The van der Waals surface area contributed by atoms with Gasteiger partial charge in [-0.05, 0) is 32.9 Å². The largest absolute Gasteiger partial charge is 0.324 e. The van der Waals surface area contributed by atoms with Crippen molar-refractivity contribution in [1.29, 1.82) is 0 Å². The van der Waals surface area contributed by atoms with Crippen LogP contribution in [0.4, 0.5) is 4.39 Å². The highest BCUT2D eigenvalue weighted by Crippen LogP contribution is 2.27. The third-order valence-electron chi connectivity index (χ3n) is 2.92. The fourth-order valence-corrected chi connectivity index (χ4v) is 2.14. The molecule has 0 spiro atoms. The van der Waals surface area contributed by atoms with E-state index in [1.165, 1.54) is 6.07 Å². The molecule has 18 heavy (non-hydrogen) atoms. The molecule has 0 bridgehead atoms. The molecule has 1 aromatic heterocycles.